The van der Waals surface area contributed by atoms with Crippen molar-refractivity contribution in [2.75, 3.05) is 0 Å². The molecule has 2 unspecified atom stereocenters. The van der Waals surface area contributed by atoms with Crippen LogP contribution in [-0.2, 0) is 0 Å². The van der Waals surface area contributed by atoms with Gasteiger partial charge in [0.15, 0.2) is 5.78 Å². The highest BCUT2D eigenvalue weighted by Gasteiger charge is 2.39. The Labute approximate surface area is 94.3 Å². The van der Waals surface area contributed by atoms with E-state index in [1.54, 1.807) is 6.20 Å². The Hall–Kier alpha value is -1.70. The van der Waals surface area contributed by atoms with Crippen LogP contribution in [0.1, 0.15) is 23.7 Å². The summed E-state index contributed by atoms with van der Waals surface area (Å²) in [5.74, 6) is 1.04. The molecule has 1 aliphatic carbocycles. The summed E-state index contributed by atoms with van der Waals surface area (Å²) in [6, 6.07) is 9.72. The van der Waals surface area contributed by atoms with Crippen LogP contribution < -0.4 is 0 Å². The number of para-hydroxylation sites is 1. The van der Waals surface area contributed by atoms with Gasteiger partial charge in [-0.15, -0.1) is 0 Å². The van der Waals surface area contributed by atoms with Crippen LogP contribution in [0.5, 0.6) is 0 Å². The number of carbonyl (C=O) groups excluding carboxylic acids is 1. The van der Waals surface area contributed by atoms with Gasteiger partial charge in [0.05, 0.1) is 5.52 Å². The summed E-state index contributed by atoms with van der Waals surface area (Å²) in [6.45, 7) is 2.13. The van der Waals surface area contributed by atoms with Gasteiger partial charge in [0.2, 0.25) is 0 Å². The molecule has 0 saturated heterocycles. The molecule has 1 aromatic carbocycles. The fourth-order valence-electron chi connectivity index (χ4n) is 2.19. The molecule has 0 amide bonds. The third kappa shape index (κ3) is 1.42. The number of benzene rings is 1. The van der Waals surface area contributed by atoms with E-state index in [0.717, 1.165) is 22.9 Å². The Bertz CT molecular complexity index is 556. The molecule has 1 heterocycles. The summed E-state index contributed by atoms with van der Waals surface area (Å²) in [4.78, 5) is 16.5. The number of ketones is 1. The van der Waals surface area contributed by atoms with Crippen LogP contribution in [0.25, 0.3) is 10.9 Å². The predicted octanol–water partition coefficient (Wildman–Crippen LogP) is 3.07. The van der Waals surface area contributed by atoms with E-state index < -0.39 is 0 Å². The summed E-state index contributed by atoms with van der Waals surface area (Å²) in [6.07, 6.45) is 2.78. The average molecular weight is 211 g/mol. The maximum Gasteiger partial charge on any atom is 0.168 e. The number of nitrogens with zero attached hydrogens (tertiary/aromatic N) is 1. The first-order valence-electron chi connectivity index (χ1n) is 5.65. The van der Waals surface area contributed by atoms with Gasteiger partial charge in [-0.25, -0.2) is 0 Å². The zero-order valence-corrected chi connectivity index (χ0v) is 9.18. The Morgan fingerprint density at radius 3 is 2.81 bits per heavy atom. The van der Waals surface area contributed by atoms with Crippen molar-refractivity contribution >= 4 is 16.7 Å². The lowest BCUT2D eigenvalue weighted by Crippen LogP contribution is -2.04. The van der Waals surface area contributed by atoms with Crippen LogP contribution in [0, 0.1) is 11.8 Å². The first-order valence-corrected chi connectivity index (χ1v) is 5.65. The van der Waals surface area contributed by atoms with Crippen molar-refractivity contribution in [2.45, 2.75) is 13.3 Å². The number of hydrogen-bond donors (Lipinski definition) is 0. The van der Waals surface area contributed by atoms with E-state index in [-0.39, 0.29) is 11.7 Å². The molecular weight excluding hydrogens is 198 g/mol. The van der Waals surface area contributed by atoms with Gasteiger partial charge >= 0.3 is 0 Å². The second kappa shape index (κ2) is 3.41. The van der Waals surface area contributed by atoms with Crippen LogP contribution in [0.4, 0.5) is 0 Å². The minimum atomic E-state index is 0.229. The quantitative estimate of drug-likeness (QED) is 0.714. The van der Waals surface area contributed by atoms with Gasteiger partial charge in [-0.1, -0.05) is 25.1 Å². The molecule has 2 atom stereocenters. The van der Waals surface area contributed by atoms with Crippen molar-refractivity contribution < 1.29 is 4.79 Å². The summed E-state index contributed by atoms with van der Waals surface area (Å²) >= 11 is 0. The van der Waals surface area contributed by atoms with Crippen LogP contribution in [0.15, 0.2) is 36.5 Å². The minimum Gasteiger partial charge on any atom is -0.294 e. The highest BCUT2D eigenvalue weighted by atomic mass is 16.1. The number of fused-ring (bicyclic) bond motifs is 1. The van der Waals surface area contributed by atoms with Crippen molar-refractivity contribution in [1.82, 2.24) is 4.98 Å². The first kappa shape index (κ1) is 9.52. The molecule has 1 saturated carbocycles. The molecule has 0 radical (unpaired) electrons. The molecule has 1 fully saturated rings. The Kier molecular flexibility index (Phi) is 2.03. The maximum absolute atomic E-state index is 12.2. The van der Waals surface area contributed by atoms with E-state index >= 15 is 0 Å². The summed E-state index contributed by atoms with van der Waals surface area (Å²) in [7, 11) is 0. The molecule has 3 rings (SSSR count). The lowest BCUT2D eigenvalue weighted by atomic mass is 10.0. The molecule has 2 nitrogen and oxygen atoms in total. The smallest absolute Gasteiger partial charge is 0.168 e. The number of Topliss-reactive ketones (excluding diaryl/α,β-unsaturated/α-hetero) is 1. The molecule has 0 aliphatic heterocycles. The monoisotopic (exact) mass is 211 g/mol. The zero-order chi connectivity index (χ0) is 11.1. The van der Waals surface area contributed by atoms with Gasteiger partial charge < -0.3 is 0 Å². The zero-order valence-electron chi connectivity index (χ0n) is 9.18. The van der Waals surface area contributed by atoms with E-state index in [1.807, 2.05) is 30.3 Å². The molecular formula is C14H13NO. The number of carbonyl (C=O) groups is 1. The van der Waals surface area contributed by atoms with Gasteiger partial charge in [0.1, 0.15) is 0 Å². The maximum atomic E-state index is 12.2. The normalized spacial score (nSPS) is 23.3. The summed E-state index contributed by atoms with van der Waals surface area (Å²) in [5, 5.41) is 1.04. The van der Waals surface area contributed by atoms with Crippen LogP contribution >= 0.6 is 0 Å². The third-order valence-electron chi connectivity index (χ3n) is 3.34. The third-order valence-corrected chi connectivity index (χ3v) is 3.34. The van der Waals surface area contributed by atoms with Crippen LogP contribution in [0.2, 0.25) is 0 Å². The van der Waals surface area contributed by atoms with Crippen molar-refractivity contribution in [3.63, 3.8) is 0 Å². The van der Waals surface area contributed by atoms with Gasteiger partial charge in [-0.3, -0.25) is 9.78 Å². The fourth-order valence-corrected chi connectivity index (χ4v) is 2.19. The summed E-state index contributed by atoms with van der Waals surface area (Å²) < 4.78 is 0. The van der Waals surface area contributed by atoms with E-state index in [0.29, 0.717) is 5.92 Å². The standard InChI is InChI=1S/C14H13NO/c1-9-8-12(9)14(16)11-6-2-4-10-5-3-7-15-13(10)11/h2-7,9,12H,8H2,1H3. The van der Waals surface area contributed by atoms with Crippen molar-refractivity contribution in [3.05, 3.63) is 42.1 Å². The molecule has 80 valence electrons. The molecule has 2 aromatic rings. The minimum absolute atomic E-state index is 0.229. The van der Waals surface area contributed by atoms with E-state index in [2.05, 4.69) is 11.9 Å². The Morgan fingerprint density at radius 1 is 1.31 bits per heavy atom. The molecule has 16 heavy (non-hydrogen) atoms. The van der Waals surface area contributed by atoms with Gasteiger partial charge in [-0.2, -0.15) is 0 Å². The topological polar surface area (TPSA) is 30.0 Å². The molecule has 0 spiro atoms. The van der Waals surface area contributed by atoms with Gasteiger partial charge in [0.25, 0.3) is 0 Å². The van der Waals surface area contributed by atoms with Crippen LogP contribution in [-0.4, -0.2) is 10.8 Å². The van der Waals surface area contributed by atoms with Crippen molar-refractivity contribution in [2.24, 2.45) is 11.8 Å². The van der Waals surface area contributed by atoms with Gasteiger partial charge in [-0.05, 0) is 24.5 Å². The largest absolute Gasteiger partial charge is 0.294 e. The number of aromatic nitrogens is 1. The lowest BCUT2D eigenvalue weighted by molar-refractivity contribution is 0.0964. The molecule has 2 heteroatoms. The molecule has 0 N–H and O–H groups in total. The molecule has 0 bridgehead atoms. The Balaban J connectivity index is 2.13. The average Bonchev–Trinajstić information content (AvgIpc) is 3.05. The first-order chi connectivity index (χ1) is 7.77. The Morgan fingerprint density at radius 2 is 2.06 bits per heavy atom. The van der Waals surface area contributed by atoms with Gasteiger partial charge in [0, 0.05) is 23.1 Å². The second-order valence-corrected chi connectivity index (χ2v) is 4.56. The fraction of sp³-hybridized carbons (Fsp3) is 0.286. The highest BCUT2D eigenvalue weighted by Crippen LogP contribution is 2.40. The number of pyridine rings is 1. The van der Waals surface area contributed by atoms with E-state index in [1.165, 1.54) is 0 Å². The van der Waals surface area contributed by atoms with Crippen molar-refractivity contribution in [3.8, 4) is 0 Å². The SMILES string of the molecule is CC1CC1C(=O)c1cccc2cccnc12. The van der Waals surface area contributed by atoms with E-state index in [4.69, 9.17) is 0 Å². The van der Waals surface area contributed by atoms with Crippen molar-refractivity contribution in [1.29, 1.82) is 0 Å². The van der Waals surface area contributed by atoms with Crippen LogP contribution in [0.3, 0.4) is 0 Å². The molecule has 1 aromatic heterocycles. The predicted molar refractivity (Wildman–Crippen MR) is 63.3 cm³/mol. The number of rotatable bonds is 2. The number of hydrogen-bond acceptors (Lipinski definition) is 2. The second-order valence-electron chi connectivity index (χ2n) is 4.56. The summed E-state index contributed by atoms with van der Waals surface area (Å²) in [5.41, 5.74) is 1.63. The molecule has 1 aliphatic rings. The highest BCUT2D eigenvalue weighted by molar-refractivity contribution is 6.08. The lowest BCUT2D eigenvalue weighted by Gasteiger charge is -2.03. The van der Waals surface area contributed by atoms with E-state index in [9.17, 15) is 4.79 Å².